The highest BCUT2D eigenvalue weighted by Crippen LogP contribution is 2.31. The summed E-state index contributed by atoms with van der Waals surface area (Å²) in [5.74, 6) is 0.768. The number of alkyl halides is 1. The van der Waals surface area contributed by atoms with Gasteiger partial charge < -0.3 is 14.7 Å². The predicted octanol–water partition coefficient (Wildman–Crippen LogP) is 3.19. The number of aromatic nitrogens is 2. The molecule has 0 bridgehead atoms. The van der Waals surface area contributed by atoms with Crippen molar-refractivity contribution >= 4 is 22.6 Å². The Morgan fingerprint density at radius 3 is 2.60 bits per heavy atom. The molecular formula is C15H13ClN2O2. The smallest absolute Gasteiger partial charge is 0.323 e. The Morgan fingerprint density at radius 2 is 1.80 bits per heavy atom. The Kier molecular flexibility index (Phi) is 3.24. The number of methoxy groups -OCH3 is 1. The van der Waals surface area contributed by atoms with E-state index >= 15 is 0 Å². The molecule has 0 spiro atoms. The molecule has 1 atom stereocenters. The van der Waals surface area contributed by atoms with Gasteiger partial charge in [0.05, 0.1) is 23.5 Å². The third kappa shape index (κ3) is 2.30. The molecule has 2 N–H and O–H groups in total. The van der Waals surface area contributed by atoms with Crippen molar-refractivity contribution in [2.45, 2.75) is 5.38 Å². The third-order valence-corrected chi connectivity index (χ3v) is 3.72. The van der Waals surface area contributed by atoms with Crippen LogP contribution in [0.2, 0.25) is 0 Å². The minimum absolute atomic E-state index is 0.218. The van der Waals surface area contributed by atoms with Gasteiger partial charge in [0.15, 0.2) is 0 Å². The molecule has 0 aliphatic carbocycles. The van der Waals surface area contributed by atoms with E-state index < -0.39 is 0 Å². The molecule has 3 rings (SSSR count). The molecule has 0 saturated heterocycles. The summed E-state index contributed by atoms with van der Waals surface area (Å²) in [7, 11) is 1.62. The van der Waals surface area contributed by atoms with Gasteiger partial charge >= 0.3 is 5.69 Å². The Morgan fingerprint density at radius 1 is 1.05 bits per heavy atom. The first-order valence-electron chi connectivity index (χ1n) is 6.17. The molecule has 1 heterocycles. The second kappa shape index (κ2) is 5.06. The number of benzene rings is 2. The fourth-order valence-corrected chi connectivity index (χ4v) is 2.47. The van der Waals surface area contributed by atoms with E-state index in [4.69, 9.17) is 16.3 Å². The van der Waals surface area contributed by atoms with Gasteiger partial charge in [-0.15, -0.1) is 11.6 Å². The largest absolute Gasteiger partial charge is 0.497 e. The summed E-state index contributed by atoms with van der Waals surface area (Å²) >= 11 is 6.51. The normalized spacial score (nSPS) is 12.5. The second-order valence-electron chi connectivity index (χ2n) is 4.52. The number of fused-ring (bicyclic) bond motifs is 1. The van der Waals surface area contributed by atoms with Crippen molar-refractivity contribution in [1.29, 1.82) is 0 Å². The number of nitrogens with one attached hydrogen (secondary N) is 2. The number of hydrogen-bond acceptors (Lipinski definition) is 2. The lowest BCUT2D eigenvalue weighted by Crippen LogP contribution is -1.99. The van der Waals surface area contributed by atoms with Gasteiger partial charge in [-0.3, -0.25) is 0 Å². The molecule has 4 nitrogen and oxygen atoms in total. The van der Waals surface area contributed by atoms with Crippen LogP contribution in [0.1, 0.15) is 16.5 Å². The highest BCUT2D eigenvalue weighted by molar-refractivity contribution is 6.22. The van der Waals surface area contributed by atoms with E-state index in [2.05, 4.69) is 9.97 Å². The van der Waals surface area contributed by atoms with E-state index in [9.17, 15) is 4.79 Å². The van der Waals surface area contributed by atoms with Crippen LogP contribution < -0.4 is 10.4 Å². The van der Waals surface area contributed by atoms with Crippen molar-refractivity contribution in [3.05, 3.63) is 64.1 Å². The number of imidazole rings is 1. The zero-order valence-corrected chi connectivity index (χ0v) is 11.6. The summed E-state index contributed by atoms with van der Waals surface area (Å²) in [4.78, 5) is 16.7. The van der Waals surface area contributed by atoms with Crippen LogP contribution in [-0.2, 0) is 0 Å². The summed E-state index contributed by atoms with van der Waals surface area (Å²) in [6.07, 6.45) is 0. The van der Waals surface area contributed by atoms with Crippen molar-refractivity contribution in [2.24, 2.45) is 0 Å². The lowest BCUT2D eigenvalue weighted by Gasteiger charge is -2.11. The van der Waals surface area contributed by atoms with Crippen LogP contribution in [0.25, 0.3) is 11.0 Å². The van der Waals surface area contributed by atoms with Gasteiger partial charge in [0.1, 0.15) is 5.75 Å². The van der Waals surface area contributed by atoms with Gasteiger partial charge in [-0.25, -0.2) is 4.79 Å². The molecule has 1 aromatic heterocycles. The fourth-order valence-electron chi connectivity index (χ4n) is 2.20. The molecule has 102 valence electrons. The molecule has 1 unspecified atom stereocenters. The molecule has 3 aromatic rings. The van der Waals surface area contributed by atoms with Crippen LogP contribution in [0, 0.1) is 0 Å². The van der Waals surface area contributed by atoms with Crippen LogP contribution in [0.5, 0.6) is 5.75 Å². The Labute approximate surface area is 120 Å². The van der Waals surface area contributed by atoms with E-state index in [-0.39, 0.29) is 11.1 Å². The minimum atomic E-state index is -0.298. The molecule has 0 radical (unpaired) electrons. The van der Waals surface area contributed by atoms with E-state index in [0.717, 1.165) is 27.9 Å². The van der Waals surface area contributed by atoms with Crippen molar-refractivity contribution < 1.29 is 4.74 Å². The number of ether oxygens (including phenoxy) is 1. The van der Waals surface area contributed by atoms with Gasteiger partial charge in [-0.05, 0) is 35.4 Å². The summed E-state index contributed by atoms with van der Waals surface area (Å²) in [5, 5.41) is -0.298. The molecule has 2 aromatic carbocycles. The Bertz CT molecular complexity index is 807. The lowest BCUT2D eigenvalue weighted by molar-refractivity contribution is 0.414. The quantitative estimate of drug-likeness (QED) is 0.727. The average Bonchev–Trinajstić information content (AvgIpc) is 2.85. The number of hydrogen-bond donors (Lipinski definition) is 2. The average molecular weight is 289 g/mol. The van der Waals surface area contributed by atoms with Crippen molar-refractivity contribution in [1.82, 2.24) is 9.97 Å². The van der Waals surface area contributed by atoms with Crippen LogP contribution in [-0.4, -0.2) is 17.1 Å². The zero-order valence-electron chi connectivity index (χ0n) is 10.8. The van der Waals surface area contributed by atoms with Crippen molar-refractivity contribution in [2.75, 3.05) is 7.11 Å². The molecule has 0 amide bonds. The fraction of sp³-hybridized carbons (Fsp3) is 0.133. The maximum Gasteiger partial charge on any atom is 0.323 e. The number of rotatable bonds is 3. The van der Waals surface area contributed by atoms with E-state index in [1.807, 2.05) is 42.5 Å². The monoisotopic (exact) mass is 288 g/mol. The zero-order chi connectivity index (χ0) is 14.1. The standard InChI is InChI=1S/C15H13ClN2O2/c1-20-11-4-2-3-9(7-11)14(16)10-5-6-12-13(8-10)18-15(19)17-12/h2-8,14H,1H3,(H2,17,18,19). The SMILES string of the molecule is COc1cccc(C(Cl)c2ccc3[nH]c(=O)[nH]c3c2)c1. The van der Waals surface area contributed by atoms with Crippen LogP contribution in [0.15, 0.2) is 47.3 Å². The molecule has 0 saturated carbocycles. The molecule has 0 aliphatic rings. The number of halogens is 1. The lowest BCUT2D eigenvalue weighted by atomic mass is 10.0. The highest BCUT2D eigenvalue weighted by Gasteiger charge is 2.12. The molecule has 0 fully saturated rings. The number of H-pyrrole nitrogens is 2. The second-order valence-corrected chi connectivity index (χ2v) is 4.96. The topological polar surface area (TPSA) is 57.9 Å². The van der Waals surface area contributed by atoms with Gasteiger partial charge in [0.2, 0.25) is 0 Å². The first kappa shape index (κ1) is 12.8. The van der Waals surface area contributed by atoms with Crippen LogP contribution in [0.4, 0.5) is 0 Å². The van der Waals surface area contributed by atoms with E-state index in [0.29, 0.717) is 0 Å². The van der Waals surface area contributed by atoms with Gasteiger partial charge in [0.25, 0.3) is 0 Å². The molecule has 0 aliphatic heterocycles. The predicted molar refractivity (Wildman–Crippen MR) is 79.6 cm³/mol. The van der Waals surface area contributed by atoms with E-state index in [1.165, 1.54) is 0 Å². The van der Waals surface area contributed by atoms with Crippen molar-refractivity contribution in [3.63, 3.8) is 0 Å². The van der Waals surface area contributed by atoms with Crippen LogP contribution >= 0.6 is 11.6 Å². The maximum atomic E-state index is 11.3. The minimum Gasteiger partial charge on any atom is -0.497 e. The molecule has 20 heavy (non-hydrogen) atoms. The summed E-state index contributed by atoms with van der Waals surface area (Å²) in [6.45, 7) is 0. The van der Waals surface area contributed by atoms with Gasteiger partial charge in [-0.1, -0.05) is 18.2 Å². The number of aromatic amines is 2. The van der Waals surface area contributed by atoms with Gasteiger partial charge in [0, 0.05) is 0 Å². The third-order valence-electron chi connectivity index (χ3n) is 3.22. The first-order chi connectivity index (χ1) is 9.67. The Hall–Kier alpha value is -2.20. The van der Waals surface area contributed by atoms with Crippen molar-refractivity contribution in [3.8, 4) is 5.75 Å². The summed E-state index contributed by atoms with van der Waals surface area (Å²) < 4.78 is 5.20. The summed E-state index contributed by atoms with van der Waals surface area (Å²) in [5.41, 5.74) is 3.17. The highest BCUT2D eigenvalue weighted by atomic mass is 35.5. The maximum absolute atomic E-state index is 11.3. The Balaban J connectivity index is 2.02. The summed E-state index contributed by atoms with van der Waals surface area (Å²) in [6, 6.07) is 13.3. The molecular weight excluding hydrogens is 276 g/mol. The van der Waals surface area contributed by atoms with Crippen LogP contribution in [0.3, 0.4) is 0 Å². The molecule has 5 heteroatoms. The van der Waals surface area contributed by atoms with Gasteiger partial charge in [-0.2, -0.15) is 0 Å². The first-order valence-corrected chi connectivity index (χ1v) is 6.61. The van der Waals surface area contributed by atoms with E-state index in [1.54, 1.807) is 7.11 Å².